The van der Waals surface area contributed by atoms with Crippen molar-refractivity contribution >= 4 is 11.9 Å². The van der Waals surface area contributed by atoms with Gasteiger partial charge in [0.1, 0.15) is 6.04 Å². The number of allylic oxidation sites excluding steroid dienone is 4. The van der Waals surface area contributed by atoms with Crippen molar-refractivity contribution < 1.29 is 14.7 Å². The summed E-state index contributed by atoms with van der Waals surface area (Å²) in [5.41, 5.74) is 5.40. The minimum atomic E-state index is -0.976. The quantitative estimate of drug-likeness (QED) is 0.290. The summed E-state index contributed by atoms with van der Waals surface area (Å²) in [5, 5.41) is 11.7. The fourth-order valence-electron chi connectivity index (χ4n) is 2.42. The molecule has 4 N–H and O–H groups in total. The molecule has 1 amide bonds. The van der Waals surface area contributed by atoms with Crippen molar-refractivity contribution in [1.82, 2.24) is 5.32 Å². The van der Waals surface area contributed by atoms with Crippen LogP contribution in [0.2, 0.25) is 0 Å². The molecule has 0 bridgehead atoms. The van der Waals surface area contributed by atoms with Crippen LogP contribution in [0.25, 0.3) is 0 Å². The number of carbonyl (C=O) groups excluding carboxylic acids is 1. The van der Waals surface area contributed by atoms with Crippen molar-refractivity contribution in [2.45, 2.75) is 83.6 Å². The van der Waals surface area contributed by atoms with Crippen LogP contribution in [-0.4, -0.2) is 29.6 Å². The number of carbonyl (C=O) groups is 2. The number of aliphatic carboxylic acids is 1. The van der Waals surface area contributed by atoms with E-state index in [0.29, 0.717) is 25.8 Å². The van der Waals surface area contributed by atoms with E-state index in [2.05, 4.69) is 36.5 Å². The van der Waals surface area contributed by atoms with Gasteiger partial charge in [-0.3, -0.25) is 4.79 Å². The van der Waals surface area contributed by atoms with Crippen LogP contribution in [-0.2, 0) is 9.59 Å². The second kappa shape index (κ2) is 17.2. The summed E-state index contributed by atoms with van der Waals surface area (Å²) in [7, 11) is 0. The van der Waals surface area contributed by atoms with Gasteiger partial charge in [-0.05, 0) is 57.9 Å². The van der Waals surface area contributed by atoms with Crippen molar-refractivity contribution in [3.63, 3.8) is 0 Å². The maximum absolute atomic E-state index is 11.8. The zero-order valence-electron chi connectivity index (χ0n) is 15.7. The minimum Gasteiger partial charge on any atom is -0.480 e. The molecule has 0 saturated carbocycles. The molecule has 144 valence electrons. The Morgan fingerprint density at radius 1 is 1.00 bits per heavy atom. The molecule has 0 aromatic heterocycles. The maximum atomic E-state index is 11.8. The molecular formula is C20H36N2O3. The third kappa shape index (κ3) is 15.6. The normalized spacial score (nSPS) is 12.7. The molecule has 0 aromatic rings. The van der Waals surface area contributed by atoms with Gasteiger partial charge >= 0.3 is 5.97 Å². The Hall–Kier alpha value is -1.62. The molecule has 0 rings (SSSR count). The van der Waals surface area contributed by atoms with Crippen LogP contribution < -0.4 is 11.1 Å². The molecule has 0 spiro atoms. The highest BCUT2D eigenvalue weighted by atomic mass is 16.4. The Bertz CT molecular complexity index is 406. The summed E-state index contributed by atoms with van der Waals surface area (Å²) >= 11 is 0. The van der Waals surface area contributed by atoms with Crippen LogP contribution in [0.15, 0.2) is 24.3 Å². The summed E-state index contributed by atoms with van der Waals surface area (Å²) in [6, 6.07) is -0.799. The van der Waals surface area contributed by atoms with Crippen LogP contribution in [0, 0.1) is 0 Å². The van der Waals surface area contributed by atoms with Crippen molar-refractivity contribution in [2.75, 3.05) is 6.54 Å². The van der Waals surface area contributed by atoms with E-state index in [-0.39, 0.29) is 5.91 Å². The van der Waals surface area contributed by atoms with Gasteiger partial charge in [0.25, 0.3) is 0 Å². The van der Waals surface area contributed by atoms with E-state index < -0.39 is 12.0 Å². The zero-order chi connectivity index (χ0) is 18.8. The smallest absolute Gasteiger partial charge is 0.326 e. The molecule has 0 aliphatic heterocycles. The van der Waals surface area contributed by atoms with E-state index in [9.17, 15) is 9.59 Å². The van der Waals surface area contributed by atoms with Gasteiger partial charge in [-0.25, -0.2) is 4.79 Å². The molecule has 0 heterocycles. The number of nitrogens with one attached hydrogen (secondary N) is 1. The van der Waals surface area contributed by atoms with Gasteiger partial charge < -0.3 is 16.2 Å². The summed E-state index contributed by atoms with van der Waals surface area (Å²) in [6.07, 6.45) is 18.3. The molecule has 0 aliphatic rings. The Morgan fingerprint density at radius 3 is 2.28 bits per heavy atom. The van der Waals surface area contributed by atoms with E-state index in [1.165, 1.54) is 19.3 Å². The minimum absolute atomic E-state index is 0.190. The largest absolute Gasteiger partial charge is 0.480 e. The summed E-state index contributed by atoms with van der Waals surface area (Å²) in [5.74, 6) is -1.17. The first-order chi connectivity index (χ1) is 12.1. The Kier molecular flexibility index (Phi) is 16.1. The van der Waals surface area contributed by atoms with Gasteiger partial charge in [0.2, 0.25) is 5.91 Å². The number of hydrogen-bond donors (Lipinski definition) is 3. The highest BCUT2D eigenvalue weighted by Crippen LogP contribution is 2.04. The molecule has 0 saturated heterocycles. The third-order valence-corrected chi connectivity index (χ3v) is 3.93. The zero-order valence-corrected chi connectivity index (χ0v) is 15.7. The van der Waals surface area contributed by atoms with Crippen molar-refractivity contribution in [1.29, 1.82) is 0 Å². The SMILES string of the molecule is CCCCCC=CCC=CCCCC(=O)N[C@@H](CCCCN)C(=O)O. The standard InChI is InChI=1S/C20H36N2O3/c1-2-3-4-5-6-7-8-9-10-11-12-16-19(23)22-18(20(24)25)15-13-14-17-21/h6-7,9-10,18H,2-5,8,11-17,21H2,1H3,(H,22,23)(H,24,25)/t18-/m0/s1. The molecule has 5 nitrogen and oxygen atoms in total. The van der Waals surface area contributed by atoms with Gasteiger partial charge in [0.05, 0.1) is 0 Å². The average Bonchev–Trinajstić information content (AvgIpc) is 2.58. The van der Waals surface area contributed by atoms with Crippen LogP contribution in [0.3, 0.4) is 0 Å². The van der Waals surface area contributed by atoms with Crippen LogP contribution in [0.1, 0.15) is 77.6 Å². The number of rotatable bonds is 16. The number of nitrogens with two attached hydrogens (primary N) is 1. The monoisotopic (exact) mass is 352 g/mol. The summed E-state index contributed by atoms with van der Waals surface area (Å²) in [6.45, 7) is 2.75. The molecule has 25 heavy (non-hydrogen) atoms. The number of hydrogen-bond acceptors (Lipinski definition) is 3. The first-order valence-electron chi connectivity index (χ1n) is 9.64. The van der Waals surface area contributed by atoms with Gasteiger partial charge in [-0.2, -0.15) is 0 Å². The Labute approximate surface area is 152 Å². The second-order valence-electron chi connectivity index (χ2n) is 6.31. The predicted octanol–water partition coefficient (Wildman–Crippen LogP) is 3.94. The first-order valence-corrected chi connectivity index (χ1v) is 9.64. The van der Waals surface area contributed by atoms with Gasteiger partial charge in [-0.15, -0.1) is 0 Å². The Morgan fingerprint density at radius 2 is 1.68 bits per heavy atom. The lowest BCUT2D eigenvalue weighted by molar-refractivity contribution is -0.142. The molecule has 0 unspecified atom stereocenters. The van der Waals surface area contributed by atoms with E-state index in [0.717, 1.165) is 32.1 Å². The molecule has 0 aliphatic carbocycles. The lowest BCUT2D eigenvalue weighted by Crippen LogP contribution is -2.40. The average molecular weight is 353 g/mol. The van der Waals surface area contributed by atoms with Crippen molar-refractivity contribution in [3.8, 4) is 0 Å². The first kappa shape index (κ1) is 23.4. The highest BCUT2D eigenvalue weighted by Gasteiger charge is 2.18. The molecule has 0 fully saturated rings. The van der Waals surface area contributed by atoms with Crippen LogP contribution >= 0.6 is 0 Å². The van der Waals surface area contributed by atoms with Crippen molar-refractivity contribution in [3.05, 3.63) is 24.3 Å². The molecular weight excluding hydrogens is 316 g/mol. The van der Waals surface area contributed by atoms with Crippen LogP contribution in [0.4, 0.5) is 0 Å². The van der Waals surface area contributed by atoms with Crippen LogP contribution in [0.5, 0.6) is 0 Å². The van der Waals surface area contributed by atoms with E-state index in [1.54, 1.807) is 0 Å². The fourth-order valence-corrected chi connectivity index (χ4v) is 2.42. The fraction of sp³-hybridized carbons (Fsp3) is 0.700. The second-order valence-corrected chi connectivity index (χ2v) is 6.31. The number of amides is 1. The van der Waals surface area contributed by atoms with Gasteiger partial charge in [0, 0.05) is 6.42 Å². The molecule has 5 heteroatoms. The summed E-state index contributed by atoms with van der Waals surface area (Å²) < 4.78 is 0. The lowest BCUT2D eigenvalue weighted by atomic mass is 10.1. The van der Waals surface area contributed by atoms with E-state index >= 15 is 0 Å². The van der Waals surface area contributed by atoms with Gasteiger partial charge in [-0.1, -0.05) is 44.1 Å². The Balaban J connectivity index is 3.76. The topological polar surface area (TPSA) is 92.4 Å². The summed E-state index contributed by atoms with van der Waals surface area (Å²) in [4.78, 5) is 22.9. The predicted molar refractivity (Wildman–Crippen MR) is 103 cm³/mol. The number of carboxylic acids is 1. The van der Waals surface area contributed by atoms with E-state index in [1.807, 2.05) is 0 Å². The number of carboxylic acid groups (broad SMARTS) is 1. The third-order valence-electron chi connectivity index (χ3n) is 3.93. The number of unbranched alkanes of at least 4 members (excludes halogenated alkanes) is 5. The van der Waals surface area contributed by atoms with Gasteiger partial charge in [0.15, 0.2) is 0 Å². The highest BCUT2D eigenvalue weighted by molar-refractivity contribution is 5.83. The maximum Gasteiger partial charge on any atom is 0.326 e. The molecule has 0 radical (unpaired) electrons. The van der Waals surface area contributed by atoms with Crippen molar-refractivity contribution in [2.24, 2.45) is 5.73 Å². The lowest BCUT2D eigenvalue weighted by Gasteiger charge is -2.14. The molecule has 0 aromatic carbocycles. The van der Waals surface area contributed by atoms with E-state index in [4.69, 9.17) is 10.8 Å². The molecule has 1 atom stereocenters.